The molecular weight excluding hydrogens is 387 g/mol. The lowest BCUT2D eigenvalue weighted by molar-refractivity contribution is -0.0500. The molecule has 0 spiro atoms. The van der Waals surface area contributed by atoms with Gasteiger partial charge < -0.3 is 4.18 Å². The molecule has 0 aliphatic rings. The van der Waals surface area contributed by atoms with Gasteiger partial charge in [0.25, 0.3) is 5.56 Å². The highest BCUT2D eigenvalue weighted by Gasteiger charge is 2.48. The number of nitrogens with zero attached hydrogens (tertiary/aromatic N) is 3. The number of aryl methyl sites for hydroxylation is 1. The summed E-state index contributed by atoms with van der Waals surface area (Å²) in [6.45, 7) is 2.76. The molecule has 0 N–H and O–H groups in total. The van der Waals surface area contributed by atoms with E-state index in [1.54, 1.807) is 24.4 Å². The van der Waals surface area contributed by atoms with Crippen LogP contribution in [0, 0.1) is 0 Å². The van der Waals surface area contributed by atoms with Gasteiger partial charge in [0.1, 0.15) is 5.75 Å². The van der Waals surface area contributed by atoms with Crippen molar-refractivity contribution in [3.05, 3.63) is 53.1 Å². The predicted octanol–water partition coefficient (Wildman–Crippen LogP) is 2.83. The van der Waals surface area contributed by atoms with E-state index in [0.717, 1.165) is 40.7 Å². The highest BCUT2D eigenvalue weighted by molar-refractivity contribution is 7.88. The van der Waals surface area contributed by atoms with Crippen molar-refractivity contribution in [2.75, 3.05) is 0 Å². The van der Waals surface area contributed by atoms with E-state index in [1.807, 2.05) is 11.6 Å². The quantitative estimate of drug-likeness (QED) is 0.485. The molecule has 144 valence electrons. The lowest BCUT2D eigenvalue weighted by Crippen LogP contribution is -2.28. The van der Waals surface area contributed by atoms with Gasteiger partial charge in [-0.1, -0.05) is 6.92 Å². The molecular formula is C16H14F3N3O4S. The number of hydrogen-bond donors (Lipinski definition) is 0. The van der Waals surface area contributed by atoms with Gasteiger partial charge in [0.05, 0.1) is 11.7 Å². The van der Waals surface area contributed by atoms with Gasteiger partial charge in [-0.2, -0.15) is 26.7 Å². The zero-order valence-electron chi connectivity index (χ0n) is 14.0. The van der Waals surface area contributed by atoms with Crippen molar-refractivity contribution >= 4 is 21.0 Å². The molecule has 0 aliphatic heterocycles. The second-order valence-corrected chi connectivity index (χ2v) is 7.20. The molecule has 11 heteroatoms. The molecule has 0 radical (unpaired) electrons. The van der Waals surface area contributed by atoms with Gasteiger partial charge in [-0.05, 0) is 30.7 Å². The first-order chi connectivity index (χ1) is 12.6. The van der Waals surface area contributed by atoms with E-state index in [0.29, 0.717) is 11.8 Å². The molecule has 3 aromatic rings. The minimum atomic E-state index is -5.84. The van der Waals surface area contributed by atoms with Gasteiger partial charge >= 0.3 is 15.6 Å². The Labute approximate surface area is 151 Å². The third kappa shape index (κ3) is 3.68. The summed E-state index contributed by atoms with van der Waals surface area (Å²) in [7, 11) is -5.84. The number of aromatic nitrogens is 3. The highest BCUT2D eigenvalue weighted by Crippen LogP contribution is 2.26. The molecule has 1 aromatic carbocycles. The molecule has 0 aliphatic carbocycles. The monoisotopic (exact) mass is 401 g/mol. The van der Waals surface area contributed by atoms with E-state index in [2.05, 4.69) is 9.28 Å². The maximum atomic E-state index is 12.4. The summed E-state index contributed by atoms with van der Waals surface area (Å²) >= 11 is 0. The summed E-state index contributed by atoms with van der Waals surface area (Å²) in [6.07, 6.45) is 3.69. The molecule has 27 heavy (non-hydrogen) atoms. The normalized spacial score (nSPS) is 12.4. The predicted molar refractivity (Wildman–Crippen MR) is 91.2 cm³/mol. The second-order valence-electron chi connectivity index (χ2n) is 5.66. The van der Waals surface area contributed by atoms with Crippen LogP contribution in [0.15, 0.2) is 47.5 Å². The van der Waals surface area contributed by atoms with Gasteiger partial charge in [-0.3, -0.25) is 14.0 Å². The van der Waals surface area contributed by atoms with Crippen LogP contribution in [-0.4, -0.2) is 28.3 Å². The largest absolute Gasteiger partial charge is 0.534 e. The van der Waals surface area contributed by atoms with Crippen LogP contribution in [0.5, 0.6) is 5.75 Å². The Bertz CT molecular complexity index is 1150. The number of fused-ring (bicyclic) bond motifs is 1. The molecule has 0 unspecified atom stereocenters. The number of alkyl halides is 3. The molecule has 0 atom stereocenters. The Morgan fingerprint density at radius 1 is 1.19 bits per heavy atom. The Kier molecular flexibility index (Phi) is 4.72. The first-order valence-corrected chi connectivity index (χ1v) is 9.22. The van der Waals surface area contributed by atoms with Gasteiger partial charge in [0.2, 0.25) is 0 Å². The van der Waals surface area contributed by atoms with E-state index in [4.69, 9.17) is 0 Å². The average molecular weight is 401 g/mol. The summed E-state index contributed by atoms with van der Waals surface area (Å²) in [6, 6.07) is 6.77. The van der Waals surface area contributed by atoms with Crippen LogP contribution in [0.25, 0.3) is 16.6 Å². The standard InChI is InChI=1S/C16H14F3N3O4S/c1-2-6-22-14-4-3-12(8-11(14)10-20-22)21-7-5-13(9-15(21)23)26-27(24,25)16(17,18)19/h3-5,7-10H,2,6H2,1H3. The third-order valence-corrected chi connectivity index (χ3v) is 4.70. The van der Waals surface area contributed by atoms with E-state index < -0.39 is 26.9 Å². The molecule has 0 saturated carbocycles. The van der Waals surface area contributed by atoms with Crippen molar-refractivity contribution in [1.29, 1.82) is 0 Å². The maximum absolute atomic E-state index is 12.4. The molecule has 2 aromatic heterocycles. The van der Waals surface area contributed by atoms with E-state index in [1.165, 1.54) is 0 Å². The van der Waals surface area contributed by atoms with Crippen molar-refractivity contribution in [2.45, 2.75) is 25.4 Å². The van der Waals surface area contributed by atoms with Gasteiger partial charge in [-0.15, -0.1) is 0 Å². The van der Waals surface area contributed by atoms with Crippen LogP contribution in [0.4, 0.5) is 13.2 Å². The van der Waals surface area contributed by atoms with E-state index in [-0.39, 0.29) is 0 Å². The molecule has 7 nitrogen and oxygen atoms in total. The molecule has 3 rings (SSSR count). The van der Waals surface area contributed by atoms with E-state index >= 15 is 0 Å². The van der Waals surface area contributed by atoms with Crippen molar-refractivity contribution in [3.63, 3.8) is 0 Å². The molecule has 0 amide bonds. The fourth-order valence-electron chi connectivity index (χ4n) is 2.51. The topological polar surface area (TPSA) is 83.2 Å². The Hall–Kier alpha value is -2.82. The molecule has 0 bridgehead atoms. The first kappa shape index (κ1) is 19.0. The van der Waals surface area contributed by atoms with Crippen LogP contribution < -0.4 is 9.74 Å². The number of halogens is 3. The lowest BCUT2D eigenvalue weighted by Gasteiger charge is -2.11. The van der Waals surface area contributed by atoms with Crippen molar-refractivity contribution < 1.29 is 25.8 Å². The Morgan fingerprint density at radius 3 is 2.56 bits per heavy atom. The SMILES string of the molecule is CCCn1ncc2cc(-n3ccc(OS(=O)(=O)C(F)(F)F)cc3=O)ccc21. The van der Waals surface area contributed by atoms with Crippen LogP contribution >= 0.6 is 0 Å². The molecule has 2 heterocycles. The zero-order valence-corrected chi connectivity index (χ0v) is 14.8. The minimum Gasteiger partial charge on any atom is -0.376 e. The third-order valence-electron chi connectivity index (χ3n) is 3.72. The smallest absolute Gasteiger partial charge is 0.376 e. The van der Waals surface area contributed by atoms with Crippen molar-refractivity contribution in [1.82, 2.24) is 14.3 Å². The summed E-state index contributed by atoms with van der Waals surface area (Å²) in [5.41, 5.74) is -4.99. The van der Waals surface area contributed by atoms with Gasteiger partial charge in [-0.25, -0.2) is 0 Å². The van der Waals surface area contributed by atoms with E-state index in [9.17, 15) is 26.4 Å². The van der Waals surface area contributed by atoms with Crippen molar-refractivity contribution in [2.24, 2.45) is 0 Å². The van der Waals surface area contributed by atoms with Crippen LogP contribution in [-0.2, 0) is 16.7 Å². The minimum absolute atomic E-state index is 0.453. The summed E-state index contributed by atoms with van der Waals surface area (Å²) < 4.78 is 66.1. The number of benzene rings is 1. The number of rotatable bonds is 5. The summed E-state index contributed by atoms with van der Waals surface area (Å²) in [4.78, 5) is 12.2. The second kappa shape index (κ2) is 6.72. The van der Waals surface area contributed by atoms with Crippen LogP contribution in [0.3, 0.4) is 0 Å². The molecule has 0 saturated heterocycles. The lowest BCUT2D eigenvalue weighted by atomic mass is 10.2. The fourth-order valence-corrected chi connectivity index (χ4v) is 2.97. The van der Waals surface area contributed by atoms with Crippen molar-refractivity contribution in [3.8, 4) is 11.4 Å². The molecule has 0 fully saturated rings. The number of pyridine rings is 1. The highest BCUT2D eigenvalue weighted by atomic mass is 32.2. The van der Waals surface area contributed by atoms with Gasteiger partial charge in [0, 0.05) is 29.9 Å². The fraction of sp³-hybridized carbons (Fsp3) is 0.250. The average Bonchev–Trinajstić information content (AvgIpc) is 2.96. The first-order valence-electron chi connectivity index (χ1n) is 7.82. The van der Waals surface area contributed by atoms with Crippen LogP contribution in [0.1, 0.15) is 13.3 Å². The zero-order chi connectivity index (χ0) is 19.8. The van der Waals surface area contributed by atoms with Crippen LogP contribution in [0.2, 0.25) is 0 Å². The maximum Gasteiger partial charge on any atom is 0.534 e. The Balaban J connectivity index is 1.94. The number of hydrogen-bond acceptors (Lipinski definition) is 5. The summed E-state index contributed by atoms with van der Waals surface area (Å²) in [5, 5.41) is 5.04. The summed E-state index contributed by atoms with van der Waals surface area (Å²) in [5.74, 6) is -0.717. The van der Waals surface area contributed by atoms with Gasteiger partial charge in [0.15, 0.2) is 0 Å². The Morgan fingerprint density at radius 2 is 1.93 bits per heavy atom.